The Hall–Kier alpha value is -2.30. The lowest BCUT2D eigenvalue weighted by molar-refractivity contribution is 0.0950. The summed E-state index contributed by atoms with van der Waals surface area (Å²) in [5.74, 6) is -0.0399. The van der Waals surface area contributed by atoms with Crippen molar-refractivity contribution in [1.29, 1.82) is 0 Å². The Morgan fingerprint density at radius 3 is 2.65 bits per heavy atom. The third kappa shape index (κ3) is 2.84. The van der Waals surface area contributed by atoms with E-state index in [1.165, 1.54) is 12.1 Å². The van der Waals surface area contributed by atoms with E-state index in [1.807, 2.05) is 19.3 Å². The van der Waals surface area contributed by atoms with Crippen LogP contribution in [0, 0.1) is 0 Å². The lowest BCUT2D eigenvalue weighted by atomic mass is 10.2. The van der Waals surface area contributed by atoms with Crippen molar-refractivity contribution < 1.29 is 9.90 Å². The molecule has 2 rings (SSSR count). The zero-order valence-electron chi connectivity index (χ0n) is 9.42. The fraction of sp³-hybridized carbons (Fsp3) is 0.167. The lowest BCUT2D eigenvalue weighted by Gasteiger charge is -2.03. The summed E-state index contributed by atoms with van der Waals surface area (Å²) in [7, 11) is 1.82. The zero-order chi connectivity index (χ0) is 12.3. The summed E-state index contributed by atoms with van der Waals surface area (Å²) in [5, 5.41) is 16.0. The van der Waals surface area contributed by atoms with Crippen LogP contribution in [0.5, 0.6) is 5.75 Å². The second-order valence-electron chi connectivity index (χ2n) is 3.71. The van der Waals surface area contributed by atoms with Crippen LogP contribution in [0.25, 0.3) is 0 Å². The molecule has 2 N–H and O–H groups in total. The van der Waals surface area contributed by atoms with Gasteiger partial charge in [0.05, 0.1) is 12.2 Å². The summed E-state index contributed by atoms with van der Waals surface area (Å²) in [6, 6.07) is 7.95. The van der Waals surface area contributed by atoms with E-state index < -0.39 is 0 Å². The standard InChI is InChI=1S/C12H13N3O2/c1-15-7-6-10(14-15)8-13-12(17)9-2-4-11(16)5-3-9/h2-7,16H,8H2,1H3,(H,13,17). The number of phenols is 1. The van der Waals surface area contributed by atoms with Crippen LogP contribution >= 0.6 is 0 Å². The van der Waals surface area contributed by atoms with E-state index >= 15 is 0 Å². The fourth-order valence-electron chi connectivity index (χ4n) is 1.44. The van der Waals surface area contributed by atoms with Crippen LogP contribution in [-0.2, 0) is 13.6 Å². The van der Waals surface area contributed by atoms with Gasteiger partial charge >= 0.3 is 0 Å². The van der Waals surface area contributed by atoms with Gasteiger partial charge in [-0.05, 0) is 30.3 Å². The maximum absolute atomic E-state index is 11.7. The van der Waals surface area contributed by atoms with Crippen LogP contribution < -0.4 is 5.32 Å². The molecule has 0 aliphatic rings. The maximum Gasteiger partial charge on any atom is 0.251 e. The molecular formula is C12H13N3O2. The number of benzene rings is 1. The molecule has 1 heterocycles. The van der Waals surface area contributed by atoms with Gasteiger partial charge in [0.15, 0.2) is 0 Å². The molecule has 1 aromatic carbocycles. The number of rotatable bonds is 3. The van der Waals surface area contributed by atoms with E-state index in [9.17, 15) is 4.79 Å². The first-order valence-corrected chi connectivity index (χ1v) is 5.21. The summed E-state index contributed by atoms with van der Waals surface area (Å²) in [4.78, 5) is 11.7. The number of hydrogen-bond donors (Lipinski definition) is 2. The van der Waals surface area contributed by atoms with Gasteiger partial charge in [-0.2, -0.15) is 5.10 Å². The van der Waals surface area contributed by atoms with Crippen LogP contribution in [0.15, 0.2) is 36.5 Å². The minimum Gasteiger partial charge on any atom is -0.508 e. The number of hydrogen-bond acceptors (Lipinski definition) is 3. The first kappa shape index (κ1) is 11.2. The first-order chi connectivity index (χ1) is 8.15. The number of aryl methyl sites for hydroxylation is 1. The molecule has 5 nitrogen and oxygen atoms in total. The minimum absolute atomic E-state index is 0.145. The third-order valence-electron chi connectivity index (χ3n) is 2.33. The quantitative estimate of drug-likeness (QED) is 0.829. The molecule has 0 bridgehead atoms. The van der Waals surface area contributed by atoms with E-state index in [2.05, 4.69) is 10.4 Å². The van der Waals surface area contributed by atoms with Gasteiger partial charge in [0, 0.05) is 18.8 Å². The van der Waals surface area contributed by atoms with Crippen molar-refractivity contribution in [2.45, 2.75) is 6.54 Å². The van der Waals surface area contributed by atoms with Crippen molar-refractivity contribution in [3.63, 3.8) is 0 Å². The molecule has 5 heteroatoms. The second-order valence-corrected chi connectivity index (χ2v) is 3.71. The van der Waals surface area contributed by atoms with Gasteiger partial charge in [0.25, 0.3) is 5.91 Å². The fourth-order valence-corrected chi connectivity index (χ4v) is 1.44. The van der Waals surface area contributed by atoms with Crippen LogP contribution in [0.3, 0.4) is 0 Å². The van der Waals surface area contributed by atoms with E-state index in [-0.39, 0.29) is 11.7 Å². The predicted octanol–water partition coefficient (Wildman–Crippen LogP) is 1.06. The number of aromatic hydroxyl groups is 1. The van der Waals surface area contributed by atoms with Gasteiger partial charge in [0.2, 0.25) is 0 Å². The molecule has 0 unspecified atom stereocenters. The number of amides is 1. The molecule has 0 aliphatic carbocycles. The molecule has 1 amide bonds. The van der Waals surface area contributed by atoms with Gasteiger partial charge in [0.1, 0.15) is 5.75 Å². The lowest BCUT2D eigenvalue weighted by Crippen LogP contribution is -2.22. The number of phenolic OH excluding ortho intramolecular Hbond substituents is 1. The summed E-state index contributed by atoms with van der Waals surface area (Å²) < 4.78 is 1.68. The molecule has 1 aromatic heterocycles. The Morgan fingerprint density at radius 1 is 1.35 bits per heavy atom. The van der Waals surface area contributed by atoms with Gasteiger partial charge < -0.3 is 10.4 Å². The summed E-state index contributed by atoms with van der Waals surface area (Å²) in [6.45, 7) is 0.389. The first-order valence-electron chi connectivity index (χ1n) is 5.21. The number of carbonyl (C=O) groups excluding carboxylic acids is 1. The van der Waals surface area contributed by atoms with Crippen LogP contribution in [0.1, 0.15) is 16.1 Å². The van der Waals surface area contributed by atoms with Crippen molar-refractivity contribution >= 4 is 5.91 Å². The molecule has 0 aliphatic heterocycles. The maximum atomic E-state index is 11.7. The Labute approximate surface area is 98.7 Å². The molecule has 0 fully saturated rings. The van der Waals surface area contributed by atoms with Crippen molar-refractivity contribution in [1.82, 2.24) is 15.1 Å². The Balaban J connectivity index is 1.95. The van der Waals surface area contributed by atoms with E-state index in [0.29, 0.717) is 12.1 Å². The molecule has 88 valence electrons. The highest BCUT2D eigenvalue weighted by molar-refractivity contribution is 5.94. The smallest absolute Gasteiger partial charge is 0.251 e. The SMILES string of the molecule is Cn1ccc(CNC(=O)c2ccc(O)cc2)n1. The minimum atomic E-state index is -0.185. The number of carbonyl (C=O) groups is 1. The summed E-state index contributed by atoms with van der Waals surface area (Å²) in [5.41, 5.74) is 1.32. The predicted molar refractivity (Wildman–Crippen MR) is 62.5 cm³/mol. The molecule has 2 aromatic rings. The highest BCUT2D eigenvalue weighted by Gasteiger charge is 2.05. The zero-order valence-corrected chi connectivity index (χ0v) is 9.42. The van der Waals surface area contributed by atoms with Crippen LogP contribution in [0.4, 0.5) is 0 Å². The normalized spacial score (nSPS) is 10.2. The van der Waals surface area contributed by atoms with Crippen molar-refractivity contribution in [2.24, 2.45) is 7.05 Å². The van der Waals surface area contributed by atoms with Crippen LogP contribution in [-0.4, -0.2) is 20.8 Å². The van der Waals surface area contributed by atoms with Gasteiger partial charge in [-0.15, -0.1) is 0 Å². The number of aromatic nitrogens is 2. The van der Waals surface area contributed by atoms with Gasteiger partial charge in [-0.1, -0.05) is 0 Å². The van der Waals surface area contributed by atoms with E-state index in [4.69, 9.17) is 5.11 Å². The third-order valence-corrected chi connectivity index (χ3v) is 2.33. The van der Waals surface area contributed by atoms with Crippen molar-refractivity contribution in [2.75, 3.05) is 0 Å². The Morgan fingerprint density at radius 2 is 2.06 bits per heavy atom. The molecule has 0 saturated carbocycles. The Kier molecular flexibility index (Phi) is 3.09. The number of nitrogens with zero attached hydrogens (tertiary/aromatic N) is 2. The van der Waals surface area contributed by atoms with Gasteiger partial charge in [-0.25, -0.2) is 0 Å². The monoisotopic (exact) mass is 231 g/mol. The summed E-state index contributed by atoms with van der Waals surface area (Å²) >= 11 is 0. The van der Waals surface area contributed by atoms with E-state index in [0.717, 1.165) is 5.69 Å². The molecule has 0 saturated heterocycles. The molecule has 0 atom stereocenters. The highest BCUT2D eigenvalue weighted by Crippen LogP contribution is 2.09. The largest absolute Gasteiger partial charge is 0.508 e. The Bertz CT molecular complexity index is 517. The molecular weight excluding hydrogens is 218 g/mol. The summed E-state index contributed by atoms with van der Waals surface area (Å²) in [6.07, 6.45) is 1.82. The molecule has 17 heavy (non-hydrogen) atoms. The van der Waals surface area contributed by atoms with Crippen molar-refractivity contribution in [3.05, 3.63) is 47.8 Å². The number of nitrogens with one attached hydrogen (secondary N) is 1. The molecule has 0 spiro atoms. The average molecular weight is 231 g/mol. The highest BCUT2D eigenvalue weighted by atomic mass is 16.3. The average Bonchev–Trinajstić information content (AvgIpc) is 2.73. The van der Waals surface area contributed by atoms with Crippen LogP contribution in [0.2, 0.25) is 0 Å². The molecule has 0 radical (unpaired) electrons. The second kappa shape index (κ2) is 4.69. The van der Waals surface area contributed by atoms with Gasteiger partial charge in [-0.3, -0.25) is 9.48 Å². The topological polar surface area (TPSA) is 67.2 Å². The van der Waals surface area contributed by atoms with E-state index in [1.54, 1.807) is 16.8 Å². The van der Waals surface area contributed by atoms with Crippen molar-refractivity contribution in [3.8, 4) is 5.75 Å².